The van der Waals surface area contributed by atoms with Gasteiger partial charge >= 0.3 is 0 Å². The first-order chi connectivity index (χ1) is 6.33. The second-order valence-electron chi connectivity index (χ2n) is 3.56. The Morgan fingerprint density at radius 2 is 2.46 bits per heavy atom. The Morgan fingerprint density at radius 3 is 3.08 bits per heavy atom. The Bertz CT molecular complexity index is 170. The first kappa shape index (κ1) is 10.5. The van der Waals surface area contributed by atoms with Gasteiger partial charge in [-0.25, -0.2) is 0 Å². The third-order valence-electron chi connectivity index (χ3n) is 2.17. The molecule has 0 aromatic heterocycles. The van der Waals surface area contributed by atoms with E-state index in [1.165, 1.54) is 12.8 Å². The summed E-state index contributed by atoms with van der Waals surface area (Å²) in [4.78, 5) is 0. The number of rotatable bonds is 4. The van der Waals surface area contributed by atoms with E-state index < -0.39 is 0 Å². The van der Waals surface area contributed by atoms with Gasteiger partial charge in [-0.1, -0.05) is 0 Å². The average Bonchev–Trinajstić information content (AvgIpc) is 2.19. The molecule has 13 heavy (non-hydrogen) atoms. The van der Waals surface area contributed by atoms with Gasteiger partial charge in [0, 0.05) is 6.61 Å². The van der Waals surface area contributed by atoms with E-state index in [1.807, 2.05) is 6.92 Å². The lowest BCUT2D eigenvalue weighted by atomic mass is 10.1. The quantitative estimate of drug-likeness (QED) is 0.666. The van der Waals surface area contributed by atoms with Crippen LogP contribution in [0.2, 0.25) is 0 Å². The zero-order chi connectivity index (χ0) is 9.52. The van der Waals surface area contributed by atoms with Crippen molar-refractivity contribution in [2.75, 3.05) is 19.8 Å². The molecule has 0 N–H and O–H groups in total. The summed E-state index contributed by atoms with van der Waals surface area (Å²) in [5.74, 6) is -0.0106. The van der Waals surface area contributed by atoms with Gasteiger partial charge in [0.05, 0.1) is 31.3 Å². The monoisotopic (exact) mass is 183 g/mol. The summed E-state index contributed by atoms with van der Waals surface area (Å²) in [5.41, 5.74) is 0. The van der Waals surface area contributed by atoms with Crippen molar-refractivity contribution in [3.8, 4) is 6.07 Å². The number of hydrogen-bond acceptors (Lipinski definition) is 3. The fourth-order valence-electron chi connectivity index (χ4n) is 1.35. The Morgan fingerprint density at radius 1 is 1.62 bits per heavy atom. The van der Waals surface area contributed by atoms with Crippen LogP contribution in [0, 0.1) is 17.2 Å². The SMILES string of the molecule is CC(C#N)COCC1CCCCO1. The average molecular weight is 183 g/mol. The van der Waals surface area contributed by atoms with E-state index in [0.29, 0.717) is 13.2 Å². The predicted octanol–water partition coefficient (Wildman–Crippen LogP) is 1.73. The molecular formula is C10H17NO2. The smallest absolute Gasteiger partial charge is 0.0808 e. The highest BCUT2D eigenvalue weighted by atomic mass is 16.5. The molecule has 1 aliphatic rings. The van der Waals surface area contributed by atoms with Gasteiger partial charge in [0.15, 0.2) is 0 Å². The van der Waals surface area contributed by atoms with Crippen molar-refractivity contribution in [3.63, 3.8) is 0 Å². The van der Waals surface area contributed by atoms with Crippen LogP contribution in [0.4, 0.5) is 0 Å². The molecule has 74 valence electrons. The lowest BCUT2D eigenvalue weighted by Gasteiger charge is -2.22. The molecule has 3 nitrogen and oxygen atoms in total. The van der Waals surface area contributed by atoms with Gasteiger partial charge in [0.2, 0.25) is 0 Å². The molecular weight excluding hydrogens is 166 g/mol. The standard InChI is InChI=1S/C10H17NO2/c1-9(6-11)7-12-8-10-4-2-3-5-13-10/h9-10H,2-5,7-8H2,1H3. The van der Waals surface area contributed by atoms with Crippen molar-refractivity contribution in [2.45, 2.75) is 32.3 Å². The van der Waals surface area contributed by atoms with E-state index in [0.717, 1.165) is 13.0 Å². The number of hydrogen-bond donors (Lipinski definition) is 0. The highest BCUT2D eigenvalue weighted by Gasteiger charge is 2.13. The zero-order valence-electron chi connectivity index (χ0n) is 8.16. The summed E-state index contributed by atoms with van der Waals surface area (Å²) >= 11 is 0. The zero-order valence-corrected chi connectivity index (χ0v) is 8.16. The number of nitriles is 1. The van der Waals surface area contributed by atoms with Gasteiger partial charge in [-0.2, -0.15) is 5.26 Å². The van der Waals surface area contributed by atoms with E-state index in [-0.39, 0.29) is 12.0 Å². The minimum absolute atomic E-state index is 0.0106. The van der Waals surface area contributed by atoms with Gasteiger partial charge in [0.25, 0.3) is 0 Å². The van der Waals surface area contributed by atoms with Crippen molar-refractivity contribution < 1.29 is 9.47 Å². The highest BCUT2D eigenvalue weighted by Crippen LogP contribution is 2.12. The van der Waals surface area contributed by atoms with Gasteiger partial charge < -0.3 is 9.47 Å². The van der Waals surface area contributed by atoms with Crippen molar-refractivity contribution >= 4 is 0 Å². The first-order valence-corrected chi connectivity index (χ1v) is 4.92. The molecule has 0 spiro atoms. The van der Waals surface area contributed by atoms with E-state index in [2.05, 4.69) is 6.07 Å². The maximum absolute atomic E-state index is 8.51. The molecule has 2 unspecified atom stereocenters. The molecule has 1 aliphatic heterocycles. The largest absolute Gasteiger partial charge is 0.377 e. The molecule has 1 fully saturated rings. The highest BCUT2D eigenvalue weighted by molar-refractivity contribution is 4.77. The van der Waals surface area contributed by atoms with Crippen LogP contribution in [0.3, 0.4) is 0 Å². The predicted molar refractivity (Wildman–Crippen MR) is 49.2 cm³/mol. The van der Waals surface area contributed by atoms with E-state index in [4.69, 9.17) is 14.7 Å². The summed E-state index contributed by atoms with van der Waals surface area (Å²) in [5, 5.41) is 8.51. The summed E-state index contributed by atoms with van der Waals surface area (Å²) in [7, 11) is 0. The lowest BCUT2D eigenvalue weighted by Crippen LogP contribution is -2.25. The van der Waals surface area contributed by atoms with Crippen LogP contribution < -0.4 is 0 Å². The van der Waals surface area contributed by atoms with Crippen LogP contribution in [0.25, 0.3) is 0 Å². The molecule has 0 amide bonds. The molecule has 0 radical (unpaired) electrons. The fourth-order valence-corrected chi connectivity index (χ4v) is 1.35. The minimum Gasteiger partial charge on any atom is -0.377 e. The second kappa shape index (κ2) is 5.95. The van der Waals surface area contributed by atoms with Crippen LogP contribution in [-0.4, -0.2) is 25.9 Å². The van der Waals surface area contributed by atoms with Gasteiger partial charge in [-0.3, -0.25) is 0 Å². The molecule has 1 heterocycles. The van der Waals surface area contributed by atoms with Crippen LogP contribution in [0.5, 0.6) is 0 Å². The maximum atomic E-state index is 8.51. The Hall–Kier alpha value is -0.590. The summed E-state index contributed by atoms with van der Waals surface area (Å²) < 4.78 is 10.9. The van der Waals surface area contributed by atoms with Crippen molar-refractivity contribution in [1.29, 1.82) is 5.26 Å². The normalized spacial score (nSPS) is 25.1. The lowest BCUT2D eigenvalue weighted by molar-refractivity contribution is -0.0434. The third-order valence-corrected chi connectivity index (χ3v) is 2.17. The van der Waals surface area contributed by atoms with Crippen molar-refractivity contribution in [1.82, 2.24) is 0 Å². The third kappa shape index (κ3) is 4.25. The molecule has 0 saturated carbocycles. The Balaban J connectivity index is 2.02. The fraction of sp³-hybridized carbons (Fsp3) is 0.900. The van der Waals surface area contributed by atoms with Crippen LogP contribution >= 0.6 is 0 Å². The Kier molecular flexibility index (Phi) is 4.81. The van der Waals surface area contributed by atoms with E-state index >= 15 is 0 Å². The van der Waals surface area contributed by atoms with Crippen LogP contribution in [-0.2, 0) is 9.47 Å². The topological polar surface area (TPSA) is 42.2 Å². The summed E-state index contributed by atoms with van der Waals surface area (Å²) in [6, 6.07) is 2.14. The Labute approximate surface area is 79.6 Å². The van der Waals surface area contributed by atoms with Gasteiger partial charge in [-0.15, -0.1) is 0 Å². The number of nitrogens with zero attached hydrogens (tertiary/aromatic N) is 1. The summed E-state index contributed by atoms with van der Waals surface area (Å²) in [6.07, 6.45) is 3.77. The molecule has 0 aromatic carbocycles. The minimum atomic E-state index is -0.0106. The molecule has 0 aromatic rings. The van der Waals surface area contributed by atoms with Crippen LogP contribution in [0.15, 0.2) is 0 Å². The number of ether oxygens (including phenoxy) is 2. The molecule has 1 saturated heterocycles. The van der Waals surface area contributed by atoms with E-state index in [1.54, 1.807) is 0 Å². The first-order valence-electron chi connectivity index (χ1n) is 4.92. The summed E-state index contributed by atoms with van der Waals surface area (Å²) in [6.45, 7) is 3.89. The second-order valence-corrected chi connectivity index (χ2v) is 3.56. The molecule has 0 aliphatic carbocycles. The molecule has 0 bridgehead atoms. The van der Waals surface area contributed by atoms with Gasteiger partial charge in [0.1, 0.15) is 0 Å². The van der Waals surface area contributed by atoms with Crippen molar-refractivity contribution in [3.05, 3.63) is 0 Å². The van der Waals surface area contributed by atoms with Crippen molar-refractivity contribution in [2.24, 2.45) is 5.92 Å². The molecule has 1 rings (SSSR count). The van der Waals surface area contributed by atoms with Gasteiger partial charge in [-0.05, 0) is 26.2 Å². The van der Waals surface area contributed by atoms with E-state index in [9.17, 15) is 0 Å². The van der Waals surface area contributed by atoms with Crippen LogP contribution in [0.1, 0.15) is 26.2 Å². The molecule has 2 atom stereocenters. The molecule has 3 heteroatoms. The maximum Gasteiger partial charge on any atom is 0.0808 e.